The maximum absolute atomic E-state index is 12.2. The molecule has 1 heterocycles. The number of ether oxygens (including phenoxy) is 1. The topological polar surface area (TPSA) is 56.2 Å². The Hall–Kier alpha value is -2.44. The molecule has 5 nitrogen and oxygen atoms in total. The third-order valence-corrected chi connectivity index (χ3v) is 2.60. The minimum absolute atomic E-state index is 0.0500. The summed E-state index contributed by atoms with van der Waals surface area (Å²) in [7, 11) is 1.70. The van der Waals surface area contributed by atoms with Gasteiger partial charge in [0.2, 0.25) is 0 Å². The molecule has 0 aliphatic rings. The van der Waals surface area contributed by atoms with Crippen LogP contribution in [0.1, 0.15) is 15.9 Å². The van der Waals surface area contributed by atoms with E-state index in [2.05, 4.69) is 15.2 Å². The lowest BCUT2D eigenvalue weighted by Crippen LogP contribution is -2.23. The van der Waals surface area contributed by atoms with Crippen LogP contribution < -0.4 is 10.1 Å². The van der Waals surface area contributed by atoms with Crippen molar-refractivity contribution in [3.8, 4) is 5.75 Å². The molecule has 1 aromatic carbocycles. The number of hydrogen-bond donors (Lipinski definition) is 1. The van der Waals surface area contributed by atoms with Gasteiger partial charge >= 0.3 is 6.61 Å². The van der Waals surface area contributed by atoms with Gasteiger partial charge in [0.1, 0.15) is 5.75 Å². The number of aryl methyl sites for hydroxylation is 1. The van der Waals surface area contributed by atoms with Crippen molar-refractivity contribution in [2.24, 2.45) is 7.05 Å². The average molecular weight is 281 g/mol. The Bertz CT molecular complexity index is 599. The number of hydrogen-bond acceptors (Lipinski definition) is 3. The molecule has 106 valence electrons. The van der Waals surface area contributed by atoms with E-state index in [0.29, 0.717) is 11.1 Å². The van der Waals surface area contributed by atoms with E-state index in [-0.39, 0.29) is 18.2 Å². The molecule has 0 atom stereocenters. The van der Waals surface area contributed by atoms with Gasteiger partial charge in [-0.05, 0) is 6.07 Å². The Morgan fingerprint density at radius 1 is 1.45 bits per heavy atom. The number of amides is 1. The zero-order valence-corrected chi connectivity index (χ0v) is 10.7. The lowest BCUT2D eigenvalue weighted by molar-refractivity contribution is -0.0504. The fourth-order valence-electron chi connectivity index (χ4n) is 1.68. The van der Waals surface area contributed by atoms with Gasteiger partial charge in [0.25, 0.3) is 5.91 Å². The smallest absolute Gasteiger partial charge is 0.387 e. The third kappa shape index (κ3) is 3.53. The predicted octanol–water partition coefficient (Wildman–Crippen LogP) is 1.95. The van der Waals surface area contributed by atoms with E-state index in [1.807, 2.05) is 0 Å². The van der Waals surface area contributed by atoms with Crippen LogP contribution in [0, 0.1) is 0 Å². The molecule has 0 radical (unpaired) electrons. The van der Waals surface area contributed by atoms with E-state index in [9.17, 15) is 13.6 Å². The van der Waals surface area contributed by atoms with Crippen LogP contribution in [0.3, 0.4) is 0 Å². The molecule has 0 aliphatic heterocycles. The normalized spacial score (nSPS) is 10.6. The fraction of sp³-hybridized carbons (Fsp3) is 0.231. The van der Waals surface area contributed by atoms with Gasteiger partial charge < -0.3 is 10.1 Å². The van der Waals surface area contributed by atoms with Crippen LogP contribution in [0.2, 0.25) is 0 Å². The van der Waals surface area contributed by atoms with Gasteiger partial charge in [-0.3, -0.25) is 9.48 Å². The number of aromatic nitrogens is 2. The zero-order valence-electron chi connectivity index (χ0n) is 10.7. The van der Waals surface area contributed by atoms with Crippen molar-refractivity contribution >= 4 is 5.91 Å². The monoisotopic (exact) mass is 281 g/mol. The van der Waals surface area contributed by atoms with Crippen LogP contribution in [-0.2, 0) is 13.6 Å². The van der Waals surface area contributed by atoms with Gasteiger partial charge in [0.05, 0.1) is 11.8 Å². The number of nitrogens with zero attached hydrogens (tertiary/aromatic N) is 2. The van der Waals surface area contributed by atoms with Gasteiger partial charge in [-0.2, -0.15) is 13.9 Å². The highest BCUT2D eigenvalue weighted by Gasteiger charge is 2.11. The highest BCUT2D eigenvalue weighted by molar-refractivity contribution is 5.93. The summed E-state index contributed by atoms with van der Waals surface area (Å²) in [6.07, 6.45) is 2.99. The van der Waals surface area contributed by atoms with E-state index in [1.165, 1.54) is 16.9 Å². The molecular formula is C13H13F2N3O2. The Morgan fingerprint density at radius 3 is 2.85 bits per heavy atom. The lowest BCUT2D eigenvalue weighted by atomic mass is 10.2. The molecular weight excluding hydrogens is 268 g/mol. The predicted molar refractivity (Wildman–Crippen MR) is 67.5 cm³/mol. The Morgan fingerprint density at radius 2 is 2.20 bits per heavy atom. The molecule has 0 spiro atoms. The third-order valence-electron chi connectivity index (χ3n) is 2.60. The molecule has 0 unspecified atom stereocenters. The van der Waals surface area contributed by atoms with E-state index < -0.39 is 6.61 Å². The minimum Gasteiger partial charge on any atom is -0.434 e. The van der Waals surface area contributed by atoms with Crippen molar-refractivity contribution in [3.05, 3.63) is 47.8 Å². The van der Waals surface area contributed by atoms with Crippen molar-refractivity contribution in [3.63, 3.8) is 0 Å². The first kappa shape index (κ1) is 14.0. The molecule has 1 aromatic heterocycles. The first-order valence-electron chi connectivity index (χ1n) is 5.86. The number of para-hydroxylation sites is 1. The van der Waals surface area contributed by atoms with Gasteiger partial charge in [-0.25, -0.2) is 0 Å². The second kappa shape index (κ2) is 6.14. The Labute approximate surface area is 114 Å². The second-order valence-corrected chi connectivity index (χ2v) is 4.07. The van der Waals surface area contributed by atoms with Crippen LogP contribution in [0.4, 0.5) is 8.78 Å². The quantitative estimate of drug-likeness (QED) is 0.911. The van der Waals surface area contributed by atoms with Crippen molar-refractivity contribution in [1.82, 2.24) is 15.1 Å². The minimum atomic E-state index is -2.90. The molecule has 0 saturated heterocycles. The summed E-state index contributed by atoms with van der Waals surface area (Å²) in [6, 6.07) is 6.31. The summed E-state index contributed by atoms with van der Waals surface area (Å²) in [6.45, 7) is -2.80. The van der Waals surface area contributed by atoms with Crippen molar-refractivity contribution in [1.29, 1.82) is 0 Å². The number of alkyl halides is 2. The fourth-order valence-corrected chi connectivity index (χ4v) is 1.68. The molecule has 7 heteroatoms. The molecule has 2 rings (SSSR count). The summed E-state index contributed by atoms with van der Waals surface area (Å²) in [5, 5.41) is 6.51. The van der Waals surface area contributed by atoms with Gasteiger partial charge in [0.15, 0.2) is 0 Å². The number of benzene rings is 1. The SMILES string of the molecule is Cn1cc(C(=O)NCc2ccccc2OC(F)F)cn1. The summed E-state index contributed by atoms with van der Waals surface area (Å²) in [4.78, 5) is 11.8. The van der Waals surface area contributed by atoms with Gasteiger partial charge in [-0.15, -0.1) is 0 Å². The Balaban J connectivity index is 2.02. The molecule has 20 heavy (non-hydrogen) atoms. The highest BCUT2D eigenvalue weighted by Crippen LogP contribution is 2.20. The molecule has 2 aromatic rings. The number of carbonyl (C=O) groups is 1. The Kier molecular flexibility index (Phi) is 4.29. The first-order chi connectivity index (χ1) is 9.56. The van der Waals surface area contributed by atoms with Crippen molar-refractivity contribution < 1.29 is 18.3 Å². The molecule has 0 bridgehead atoms. The summed E-state index contributed by atoms with van der Waals surface area (Å²) in [5.41, 5.74) is 0.879. The highest BCUT2D eigenvalue weighted by atomic mass is 19.3. The summed E-state index contributed by atoms with van der Waals surface area (Å²) >= 11 is 0. The number of nitrogens with one attached hydrogen (secondary N) is 1. The van der Waals surface area contributed by atoms with Crippen LogP contribution in [-0.4, -0.2) is 22.3 Å². The summed E-state index contributed by atoms with van der Waals surface area (Å²) < 4.78 is 30.4. The average Bonchev–Trinajstić information content (AvgIpc) is 2.83. The van der Waals surface area contributed by atoms with E-state index in [4.69, 9.17) is 0 Å². The standard InChI is InChI=1S/C13H13F2N3O2/c1-18-8-10(7-17-18)12(19)16-6-9-4-2-3-5-11(9)20-13(14)15/h2-5,7-8,13H,6H2,1H3,(H,16,19). The van der Waals surface area contributed by atoms with Gasteiger partial charge in [-0.1, -0.05) is 18.2 Å². The number of rotatable bonds is 5. The zero-order chi connectivity index (χ0) is 14.5. The van der Waals surface area contributed by atoms with Gasteiger partial charge in [0, 0.05) is 25.4 Å². The van der Waals surface area contributed by atoms with E-state index >= 15 is 0 Å². The lowest BCUT2D eigenvalue weighted by Gasteiger charge is -2.10. The summed E-state index contributed by atoms with van der Waals surface area (Å²) in [5.74, 6) is -0.279. The van der Waals surface area contributed by atoms with E-state index in [0.717, 1.165) is 0 Å². The van der Waals surface area contributed by atoms with E-state index in [1.54, 1.807) is 31.4 Å². The van der Waals surface area contributed by atoms with Crippen LogP contribution >= 0.6 is 0 Å². The van der Waals surface area contributed by atoms with Crippen LogP contribution in [0.25, 0.3) is 0 Å². The largest absolute Gasteiger partial charge is 0.434 e. The maximum Gasteiger partial charge on any atom is 0.387 e. The van der Waals surface area contributed by atoms with Crippen molar-refractivity contribution in [2.45, 2.75) is 13.2 Å². The second-order valence-electron chi connectivity index (χ2n) is 4.07. The van der Waals surface area contributed by atoms with Crippen molar-refractivity contribution in [2.75, 3.05) is 0 Å². The molecule has 1 amide bonds. The molecule has 0 aliphatic carbocycles. The molecule has 0 fully saturated rings. The van der Waals surface area contributed by atoms with Crippen LogP contribution in [0.5, 0.6) is 5.75 Å². The molecule has 0 saturated carbocycles. The molecule has 1 N–H and O–H groups in total. The maximum atomic E-state index is 12.2. The first-order valence-corrected chi connectivity index (χ1v) is 5.86. The number of halogens is 2. The van der Waals surface area contributed by atoms with Crippen LogP contribution in [0.15, 0.2) is 36.7 Å². The number of carbonyl (C=O) groups excluding carboxylic acids is 1.